The Morgan fingerprint density at radius 2 is 1.72 bits per heavy atom. The van der Waals surface area contributed by atoms with Crippen LogP contribution in [0.5, 0.6) is 0 Å². The predicted octanol–water partition coefficient (Wildman–Crippen LogP) is 3.19. The van der Waals surface area contributed by atoms with Crippen LogP contribution in [0.3, 0.4) is 0 Å². The van der Waals surface area contributed by atoms with Gasteiger partial charge in [0.1, 0.15) is 5.82 Å². The Hall–Kier alpha value is -3.43. The maximum absolute atomic E-state index is 13.9. The zero-order valence-corrected chi connectivity index (χ0v) is 15.2. The van der Waals surface area contributed by atoms with Gasteiger partial charge in [-0.1, -0.05) is 18.2 Å². The van der Waals surface area contributed by atoms with E-state index in [2.05, 4.69) is 0 Å². The highest BCUT2D eigenvalue weighted by Crippen LogP contribution is 2.36. The second kappa shape index (κ2) is 6.87. The van der Waals surface area contributed by atoms with Crippen LogP contribution in [-0.2, 0) is 4.79 Å². The predicted molar refractivity (Wildman–Crippen MR) is 94.6 cm³/mol. The number of anilines is 1. The largest absolute Gasteiger partial charge is 0.440 e. The van der Waals surface area contributed by atoms with Crippen LogP contribution < -0.4 is 15.5 Å². The lowest BCUT2D eigenvalue weighted by Gasteiger charge is -2.29. The number of alkyl halides is 3. The van der Waals surface area contributed by atoms with Crippen LogP contribution in [0.2, 0.25) is 0 Å². The second-order valence-electron chi connectivity index (χ2n) is 6.52. The average molecular weight is 409 g/mol. The number of aryl methyl sites for hydroxylation is 2. The summed E-state index contributed by atoms with van der Waals surface area (Å²) in [4.78, 5) is 37.6. The maximum Gasteiger partial charge on any atom is 0.440 e. The molecule has 152 valence electrons. The van der Waals surface area contributed by atoms with Gasteiger partial charge in [0.25, 0.3) is 17.5 Å². The molecule has 2 aromatic rings. The number of nitrogens with one attached hydrogen (secondary N) is 2. The number of rotatable bonds is 3. The SMILES string of the molecule is Cc1ccc(N2C(=O)NC(NC(=O)c3ccccc3F)(C(F)(F)F)C2=O)cc1C. The first-order chi connectivity index (χ1) is 13.5. The molecule has 0 aromatic heterocycles. The van der Waals surface area contributed by atoms with Gasteiger partial charge in [-0.25, -0.2) is 14.1 Å². The third kappa shape index (κ3) is 3.30. The van der Waals surface area contributed by atoms with E-state index in [1.807, 2.05) is 0 Å². The highest BCUT2D eigenvalue weighted by atomic mass is 19.4. The summed E-state index contributed by atoms with van der Waals surface area (Å²) in [6.07, 6.45) is -5.39. The molecule has 1 saturated heterocycles. The Morgan fingerprint density at radius 3 is 2.31 bits per heavy atom. The van der Waals surface area contributed by atoms with Crippen molar-refractivity contribution in [2.75, 3.05) is 4.90 Å². The summed E-state index contributed by atoms with van der Waals surface area (Å²) in [6.45, 7) is 3.41. The molecule has 0 bridgehead atoms. The summed E-state index contributed by atoms with van der Waals surface area (Å²) in [5, 5.41) is 2.99. The highest BCUT2D eigenvalue weighted by molar-refractivity contribution is 6.24. The minimum atomic E-state index is -5.39. The number of amides is 4. The van der Waals surface area contributed by atoms with Crippen LogP contribution in [-0.4, -0.2) is 29.7 Å². The number of hydrogen-bond acceptors (Lipinski definition) is 3. The number of urea groups is 1. The van der Waals surface area contributed by atoms with E-state index in [1.165, 1.54) is 41.0 Å². The average Bonchev–Trinajstić information content (AvgIpc) is 2.88. The van der Waals surface area contributed by atoms with Crippen LogP contribution >= 0.6 is 0 Å². The van der Waals surface area contributed by atoms with Gasteiger partial charge in [0, 0.05) is 0 Å². The Bertz CT molecular complexity index is 1020. The van der Waals surface area contributed by atoms with E-state index < -0.39 is 41.1 Å². The van der Waals surface area contributed by atoms with E-state index in [0.717, 1.165) is 17.7 Å². The first-order valence-corrected chi connectivity index (χ1v) is 8.35. The molecule has 6 nitrogen and oxygen atoms in total. The lowest BCUT2D eigenvalue weighted by molar-refractivity contribution is -0.197. The number of halogens is 4. The molecule has 29 heavy (non-hydrogen) atoms. The van der Waals surface area contributed by atoms with E-state index in [1.54, 1.807) is 13.8 Å². The third-order valence-electron chi connectivity index (χ3n) is 4.61. The van der Waals surface area contributed by atoms with Crippen molar-refractivity contribution in [3.8, 4) is 0 Å². The van der Waals surface area contributed by atoms with Gasteiger partial charge in [-0.3, -0.25) is 14.9 Å². The van der Waals surface area contributed by atoms with Gasteiger partial charge in [0.05, 0.1) is 11.3 Å². The number of imide groups is 1. The lowest BCUT2D eigenvalue weighted by Crippen LogP contribution is -2.69. The van der Waals surface area contributed by atoms with Crippen molar-refractivity contribution in [2.24, 2.45) is 0 Å². The number of carbonyl (C=O) groups excluding carboxylic acids is 3. The minimum Gasteiger partial charge on any atom is -0.314 e. The Labute approximate surface area is 162 Å². The molecule has 0 aliphatic carbocycles. The fraction of sp³-hybridized carbons (Fsp3) is 0.211. The molecular formula is C19H15F4N3O3. The molecule has 1 aliphatic heterocycles. The van der Waals surface area contributed by atoms with Crippen LogP contribution in [0, 0.1) is 19.7 Å². The van der Waals surface area contributed by atoms with Crippen molar-refractivity contribution in [1.82, 2.24) is 10.6 Å². The summed E-state index contributed by atoms with van der Waals surface area (Å²) in [6, 6.07) is 7.18. The van der Waals surface area contributed by atoms with Crippen molar-refractivity contribution in [2.45, 2.75) is 25.7 Å². The van der Waals surface area contributed by atoms with Gasteiger partial charge in [0.2, 0.25) is 0 Å². The topological polar surface area (TPSA) is 78.5 Å². The van der Waals surface area contributed by atoms with Crippen LogP contribution in [0.25, 0.3) is 0 Å². The van der Waals surface area contributed by atoms with Gasteiger partial charge in [-0.2, -0.15) is 13.2 Å². The molecule has 0 spiro atoms. The monoisotopic (exact) mass is 409 g/mol. The quantitative estimate of drug-likeness (QED) is 0.604. The molecule has 4 amide bonds. The van der Waals surface area contributed by atoms with E-state index in [-0.39, 0.29) is 5.69 Å². The fourth-order valence-corrected chi connectivity index (χ4v) is 2.86. The first-order valence-electron chi connectivity index (χ1n) is 8.35. The summed E-state index contributed by atoms with van der Waals surface area (Å²) in [7, 11) is 0. The molecule has 2 N–H and O–H groups in total. The van der Waals surface area contributed by atoms with Crippen LogP contribution in [0.4, 0.5) is 28.0 Å². The number of benzene rings is 2. The summed E-state index contributed by atoms with van der Waals surface area (Å²) >= 11 is 0. The molecular weight excluding hydrogens is 394 g/mol. The number of hydrogen-bond donors (Lipinski definition) is 2. The molecule has 3 rings (SSSR count). The van der Waals surface area contributed by atoms with Crippen molar-refractivity contribution in [3.05, 3.63) is 65.0 Å². The molecule has 0 radical (unpaired) electrons. The van der Waals surface area contributed by atoms with Gasteiger partial charge in [0.15, 0.2) is 0 Å². The standard InChI is InChI=1S/C19H15F4N3O3/c1-10-7-8-12(9-11(10)2)26-16(28)18(19(21,22)23,25-17(26)29)24-15(27)13-5-3-4-6-14(13)20/h3-9H,1-2H3,(H,24,27)(H,25,29). The smallest absolute Gasteiger partial charge is 0.314 e. The zero-order chi connectivity index (χ0) is 21.6. The van der Waals surface area contributed by atoms with Gasteiger partial charge in [-0.05, 0) is 49.2 Å². The van der Waals surface area contributed by atoms with Crippen molar-refractivity contribution in [3.63, 3.8) is 0 Å². The normalized spacial score (nSPS) is 19.3. The second-order valence-corrected chi connectivity index (χ2v) is 6.52. The Kier molecular flexibility index (Phi) is 4.81. The van der Waals surface area contributed by atoms with Gasteiger partial charge >= 0.3 is 12.2 Å². The minimum absolute atomic E-state index is 0.0955. The molecule has 1 heterocycles. The van der Waals surface area contributed by atoms with E-state index in [4.69, 9.17) is 0 Å². The Morgan fingerprint density at radius 1 is 1.07 bits per heavy atom. The summed E-state index contributed by atoms with van der Waals surface area (Å²) in [5.41, 5.74) is -3.09. The van der Waals surface area contributed by atoms with Crippen molar-refractivity contribution in [1.29, 1.82) is 0 Å². The molecule has 1 atom stereocenters. The first kappa shape index (κ1) is 20.3. The van der Waals surface area contributed by atoms with E-state index >= 15 is 0 Å². The maximum atomic E-state index is 13.9. The molecule has 0 saturated carbocycles. The van der Waals surface area contributed by atoms with E-state index in [0.29, 0.717) is 10.5 Å². The van der Waals surface area contributed by atoms with Gasteiger partial charge < -0.3 is 5.32 Å². The molecule has 1 aliphatic rings. The zero-order valence-electron chi connectivity index (χ0n) is 15.2. The van der Waals surface area contributed by atoms with Crippen molar-refractivity contribution >= 4 is 23.5 Å². The molecule has 1 unspecified atom stereocenters. The highest BCUT2D eigenvalue weighted by Gasteiger charge is 2.69. The Balaban J connectivity index is 2.04. The molecule has 10 heteroatoms. The van der Waals surface area contributed by atoms with E-state index in [9.17, 15) is 31.9 Å². The van der Waals surface area contributed by atoms with Crippen molar-refractivity contribution < 1.29 is 31.9 Å². The van der Waals surface area contributed by atoms with Gasteiger partial charge in [-0.15, -0.1) is 0 Å². The number of carbonyl (C=O) groups is 3. The summed E-state index contributed by atoms with van der Waals surface area (Å²) in [5.74, 6) is -4.33. The number of nitrogens with zero attached hydrogens (tertiary/aromatic N) is 1. The third-order valence-corrected chi connectivity index (χ3v) is 4.61. The molecule has 1 fully saturated rings. The lowest BCUT2D eigenvalue weighted by atomic mass is 10.1. The van der Waals surface area contributed by atoms with Crippen LogP contribution in [0.1, 0.15) is 21.5 Å². The summed E-state index contributed by atoms with van der Waals surface area (Å²) < 4.78 is 55.4. The van der Waals surface area contributed by atoms with Crippen LogP contribution in [0.15, 0.2) is 42.5 Å². The molecule has 2 aromatic carbocycles. The fourth-order valence-electron chi connectivity index (χ4n) is 2.86.